The standard InChI is InChI=1S/C18H25N5O/c1-15(20-18(24)17-19-8-9-21(17)2)14-22-10-12-23(13-11-22)16-6-4-3-5-7-16/h3-9,15H,10-14H2,1-2H3,(H,20,24). The largest absolute Gasteiger partial charge is 0.369 e. The van der Waals surface area contributed by atoms with Gasteiger partial charge >= 0.3 is 0 Å². The van der Waals surface area contributed by atoms with Crippen LogP contribution in [0.5, 0.6) is 0 Å². The predicted molar refractivity (Wildman–Crippen MR) is 95.2 cm³/mol. The minimum Gasteiger partial charge on any atom is -0.369 e. The van der Waals surface area contributed by atoms with Crippen molar-refractivity contribution in [2.24, 2.45) is 7.05 Å². The van der Waals surface area contributed by atoms with Crippen LogP contribution in [0.25, 0.3) is 0 Å². The number of hydrogen-bond donors (Lipinski definition) is 1. The third-order valence-electron chi connectivity index (χ3n) is 4.43. The molecule has 0 bridgehead atoms. The summed E-state index contributed by atoms with van der Waals surface area (Å²) in [6.07, 6.45) is 3.42. The summed E-state index contributed by atoms with van der Waals surface area (Å²) >= 11 is 0. The molecule has 1 aromatic heterocycles. The first kappa shape index (κ1) is 16.5. The lowest BCUT2D eigenvalue weighted by Gasteiger charge is -2.37. The number of piperazine rings is 1. The van der Waals surface area contributed by atoms with Gasteiger partial charge in [-0.05, 0) is 19.1 Å². The Morgan fingerprint density at radius 1 is 1.21 bits per heavy atom. The fraction of sp³-hybridized carbons (Fsp3) is 0.444. The molecule has 1 aromatic carbocycles. The van der Waals surface area contributed by atoms with Gasteiger partial charge in [-0.25, -0.2) is 4.98 Å². The van der Waals surface area contributed by atoms with Gasteiger partial charge in [0.25, 0.3) is 5.91 Å². The lowest BCUT2D eigenvalue weighted by atomic mass is 10.2. The van der Waals surface area contributed by atoms with Crippen molar-refractivity contribution in [2.75, 3.05) is 37.6 Å². The molecule has 1 unspecified atom stereocenters. The fourth-order valence-corrected chi connectivity index (χ4v) is 3.13. The molecular weight excluding hydrogens is 302 g/mol. The van der Waals surface area contributed by atoms with E-state index in [-0.39, 0.29) is 11.9 Å². The maximum absolute atomic E-state index is 12.2. The molecule has 1 N–H and O–H groups in total. The number of imidazole rings is 1. The number of carbonyl (C=O) groups excluding carboxylic acids is 1. The number of anilines is 1. The monoisotopic (exact) mass is 327 g/mol. The van der Waals surface area contributed by atoms with Crippen LogP contribution in [0.15, 0.2) is 42.7 Å². The van der Waals surface area contributed by atoms with Gasteiger partial charge in [0.1, 0.15) is 0 Å². The van der Waals surface area contributed by atoms with Crippen molar-refractivity contribution in [3.63, 3.8) is 0 Å². The zero-order chi connectivity index (χ0) is 16.9. The molecule has 24 heavy (non-hydrogen) atoms. The van der Waals surface area contributed by atoms with Gasteiger partial charge in [-0.2, -0.15) is 0 Å². The summed E-state index contributed by atoms with van der Waals surface area (Å²) in [4.78, 5) is 21.1. The summed E-state index contributed by atoms with van der Waals surface area (Å²) < 4.78 is 1.74. The highest BCUT2D eigenvalue weighted by atomic mass is 16.2. The van der Waals surface area contributed by atoms with Gasteiger partial charge < -0.3 is 14.8 Å². The number of nitrogens with zero attached hydrogens (tertiary/aromatic N) is 4. The van der Waals surface area contributed by atoms with Crippen molar-refractivity contribution < 1.29 is 4.79 Å². The number of benzene rings is 1. The highest BCUT2D eigenvalue weighted by Crippen LogP contribution is 2.15. The molecular formula is C18H25N5O. The maximum atomic E-state index is 12.2. The van der Waals surface area contributed by atoms with Crippen LogP contribution in [0.2, 0.25) is 0 Å². The van der Waals surface area contributed by atoms with Crippen LogP contribution in [0.4, 0.5) is 5.69 Å². The van der Waals surface area contributed by atoms with Crippen LogP contribution in [0.3, 0.4) is 0 Å². The Labute approximate surface area is 143 Å². The van der Waals surface area contributed by atoms with E-state index in [1.807, 2.05) is 20.0 Å². The number of amides is 1. The van der Waals surface area contributed by atoms with Gasteiger partial charge in [-0.3, -0.25) is 9.69 Å². The smallest absolute Gasteiger partial charge is 0.287 e. The number of carbonyl (C=O) groups is 1. The first-order valence-electron chi connectivity index (χ1n) is 8.44. The molecule has 1 amide bonds. The number of aromatic nitrogens is 2. The van der Waals surface area contributed by atoms with Crippen LogP contribution in [0.1, 0.15) is 17.5 Å². The van der Waals surface area contributed by atoms with E-state index in [0.29, 0.717) is 5.82 Å². The van der Waals surface area contributed by atoms with Crippen molar-refractivity contribution >= 4 is 11.6 Å². The molecule has 6 heteroatoms. The molecule has 128 valence electrons. The number of hydrogen-bond acceptors (Lipinski definition) is 4. The molecule has 6 nitrogen and oxygen atoms in total. The van der Waals surface area contributed by atoms with E-state index in [1.54, 1.807) is 17.0 Å². The Balaban J connectivity index is 1.46. The highest BCUT2D eigenvalue weighted by Gasteiger charge is 2.20. The lowest BCUT2D eigenvalue weighted by molar-refractivity contribution is 0.0914. The Hall–Kier alpha value is -2.34. The quantitative estimate of drug-likeness (QED) is 0.901. The SMILES string of the molecule is CC(CN1CCN(c2ccccc2)CC1)NC(=O)c1nccn1C. The molecule has 3 rings (SSSR count). The first-order chi connectivity index (χ1) is 11.6. The number of aryl methyl sites for hydroxylation is 1. The van der Waals surface area contributed by atoms with Crippen LogP contribution in [0, 0.1) is 0 Å². The minimum atomic E-state index is -0.113. The third-order valence-corrected chi connectivity index (χ3v) is 4.43. The van der Waals surface area contributed by atoms with Crippen molar-refractivity contribution in [3.8, 4) is 0 Å². The van der Waals surface area contributed by atoms with Gasteiger partial charge in [0, 0.05) is 63.9 Å². The molecule has 1 atom stereocenters. The molecule has 1 saturated heterocycles. The summed E-state index contributed by atoms with van der Waals surface area (Å²) in [5.41, 5.74) is 1.29. The average Bonchev–Trinajstić information content (AvgIpc) is 3.02. The van der Waals surface area contributed by atoms with Crippen molar-refractivity contribution in [1.29, 1.82) is 0 Å². The number of rotatable bonds is 5. The van der Waals surface area contributed by atoms with E-state index >= 15 is 0 Å². The predicted octanol–water partition coefficient (Wildman–Crippen LogP) is 1.36. The van der Waals surface area contributed by atoms with Gasteiger partial charge in [0.2, 0.25) is 0 Å². The van der Waals surface area contributed by atoms with E-state index in [1.165, 1.54) is 5.69 Å². The average molecular weight is 327 g/mol. The molecule has 1 fully saturated rings. The highest BCUT2D eigenvalue weighted by molar-refractivity contribution is 5.90. The summed E-state index contributed by atoms with van der Waals surface area (Å²) in [7, 11) is 1.83. The third kappa shape index (κ3) is 3.94. The topological polar surface area (TPSA) is 53.4 Å². The first-order valence-corrected chi connectivity index (χ1v) is 8.44. The number of para-hydroxylation sites is 1. The van der Waals surface area contributed by atoms with E-state index < -0.39 is 0 Å². The minimum absolute atomic E-state index is 0.0949. The van der Waals surface area contributed by atoms with Gasteiger partial charge in [-0.15, -0.1) is 0 Å². The molecule has 1 aliphatic heterocycles. The van der Waals surface area contributed by atoms with E-state index in [9.17, 15) is 4.79 Å². The van der Waals surface area contributed by atoms with Gasteiger partial charge in [0.05, 0.1) is 0 Å². The van der Waals surface area contributed by atoms with Crippen molar-refractivity contribution in [2.45, 2.75) is 13.0 Å². The summed E-state index contributed by atoms with van der Waals surface area (Å²) in [5.74, 6) is 0.341. The lowest BCUT2D eigenvalue weighted by Crippen LogP contribution is -2.51. The van der Waals surface area contributed by atoms with Crippen molar-refractivity contribution in [1.82, 2.24) is 19.8 Å². The normalized spacial score (nSPS) is 16.8. The van der Waals surface area contributed by atoms with E-state index in [4.69, 9.17) is 0 Å². The maximum Gasteiger partial charge on any atom is 0.287 e. The van der Waals surface area contributed by atoms with Gasteiger partial charge in [-0.1, -0.05) is 18.2 Å². The molecule has 0 radical (unpaired) electrons. The Kier molecular flexibility index (Phi) is 5.15. The zero-order valence-corrected chi connectivity index (χ0v) is 14.4. The molecule has 2 aromatic rings. The van der Waals surface area contributed by atoms with E-state index in [2.05, 4.69) is 44.4 Å². The number of nitrogens with one attached hydrogen (secondary N) is 1. The second-order valence-electron chi connectivity index (χ2n) is 6.36. The second kappa shape index (κ2) is 7.49. The van der Waals surface area contributed by atoms with E-state index in [0.717, 1.165) is 32.7 Å². The molecule has 1 aliphatic rings. The molecule has 2 heterocycles. The molecule has 0 saturated carbocycles. The van der Waals surface area contributed by atoms with Crippen LogP contribution in [-0.2, 0) is 7.05 Å². The summed E-state index contributed by atoms with van der Waals surface area (Å²) in [6, 6.07) is 10.6. The van der Waals surface area contributed by atoms with Crippen molar-refractivity contribution in [3.05, 3.63) is 48.5 Å². The Morgan fingerprint density at radius 2 is 1.92 bits per heavy atom. The fourth-order valence-electron chi connectivity index (χ4n) is 3.13. The molecule has 0 spiro atoms. The van der Waals surface area contributed by atoms with Crippen LogP contribution >= 0.6 is 0 Å². The Bertz CT molecular complexity index is 661. The van der Waals surface area contributed by atoms with Gasteiger partial charge in [0.15, 0.2) is 5.82 Å². The molecule has 0 aliphatic carbocycles. The Morgan fingerprint density at radius 3 is 2.54 bits per heavy atom. The van der Waals surface area contributed by atoms with Crippen LogP contribution < -0.4 is 10.2 Å². The zero-order valence-electron chi connectivity index (χ0n) is 14.4. The van der Waals surface area contributed by atoms with Crippen LogP contribution in [-0.4, -0.2) is 59.1 Å². The second-order valence-corrected chi connectivity index (χ2v) is 6.36. The summed E-state index contributed by atoms with van der Waals surface area (Å²) in [6.45, 7) is 6.96. The summed E-state index contributed by atoms with van der Waals surface area (Å²) in [5, 5.41) is 3.04.